The normalized spacial score (nSPS) is 16.2. The number of nitrogens with zero attached hydrogens (tertiary/aromatic N) is 2. The molecule has 2 rings (SSSR count). The molecular weight excluding hydrogens is 160 g/mol. The molecule has 0 spiro atoms. The van der Waals surface area contributed by atoms with Gasteiger partial charge in [-0.25, -0.2) is 0 Å². The van der Waals surface area contributed by atoms with Gasteiger partial charge in [0.1, 0.15) is 5.84 Å². The topological polar surface area (TPSA) is 15.6 Å². The maximum absolute atomic E-state index is 4.36. The van der Waals surface area contributed by atoms with Crippen molar-refractivity contribution in [2.24, 2.45) is 4.99 Å². The Morgan fingerprint density at radius 2 is 1.85 bits per heavy atom. The molecule has 2 heteroatoms. The van der Waals surface area contributed by atoms with E-state index >= 15 is 0 Å². The van der Waals surface area contributed by atoms with E-state index in [0.29, 0.717) is 0 Å². The Morgan fingerprint density at radius 1 is 1.15 bits per heavy atom. The minimum atomic E-state index is 0.930. The van der Waals surface area contributed by atoms with Crippen molar-refractivity contribution in [2.75, 3.05) is 18.0 Å². The maximum Gasteiger partial charge on any atom is 0.100 e. The van der Waals surface area contributed by atoms with E-state index in [1.54, 1.807) is 0 Å². The van der Waals surface area contributed by atoms with E-state index < -0.39 is 0 Å². The van der Waals surface area contributed by atoms with Gasteiger partial charge < -0.3 is 4.90 Å². The molecule has 0 fully saturated rings. The minimum Gasteiger partial charge on any atom is -0.329 e. The Morgan fingerprint density at radius 3 is 2.38 bits per heavy atom. The molecule has 1 aromatic rings. The van der Waals surface area contributed by atoms with Gasteiger partial charge in [-0.05, 0) is 26.0 Å². The SMILES string of the molecule is CC1=NCCN1c1ccc(C)cc1. The standard InChI is InChI=1S/C11H14N2/c1-9-3-5-11(6-4-9)13-8-7-12-10(13)2/h3-6H,7-8H2,1-2H3. The first-order valence-corrected chi connectivity index (χ1v) is 4.62. The van der Waals surface area contributed by atoms with Crippen LogP contribution < -0.4 is 4.90 Å². The highest BCUT2D eigenvalue weighted by Gasteiger charge is 2.13. The van der Waals surface area contributed by atoms with E-state index in [9.17, 15) is 0 Å². The van der Waals surface area contributed by atoms with Gasteiger partial charge >= 0.3 is 0 Å². The lowest BCUT2D eigenvalue weighted by molar-refractivity contribution is 1.02. The molecule has 68 valence electrons. The summed E-state index contributed by atoms with van der Waals surface area (Å²) >= 11 is 0. The van der Waals surface area contributed by atoms with Crippen molar-refractivity contribution in [1.82, 2.24) is 0 Å². The molecule has 1 aromatic carbocycles. The van der Waals surface area contributed by atoms with E-state index in [1.807, 2.05) is 0 Å². The third-order valence-electron chi connectivity index (χ3n) is 2.40. The summed E-state index contributed by atoms with van der Waals surface area (Å²) in [7, 11) is 0. The van der Waals surface area contributed by atoms with Crippen molar-refractivity contribution in [3.63, 3.8) is 0 Å². The highest BCUT2D eigenvalue weighted by atomic mass is 15.2. The lowest BCUT2D eigenvalue weighted by atomic mass is 10.2. The fourth-order valence-corrected chi connectivity index (χ4v) is 1.60. The van der Waals surface area contributed by atoms with E-state index in [4.69, 9.17) is 0 Å². The van der Waals surface area contributed by atoms with Gasteiger partial charge in [0, 0.05) is 12.2 Å². The van der Waals surface area contributed by atoms with Crippen LogP contribution in [0.25, 0.3) is 0 Å². The van der Waals surface area contributed by atoms with Crippen LogP contribution in [0.15, 0.2) is 29.3 Å². The molecule has 1 heterocycles. The predicted molar refractivity (Wildman–Crippen MR) is 56.5 cm³/mol. The first kappa shape index (κ1) is 8.30. The molecule has 0 amide bonds. The van der Waals surface area contributed by atoms with Gasteiger partial charge in [-0.15, -0.1) is 0 Å². The Kier molecular flexibility index (Phi) is 2.05. The summed E-state index contributed by atoms with van der Waals surface area (Å²) in [5.74, 6) is 1.13. The summed E-state index contributed by atoms with van der Waals surface area (Å²) in [5, 5.41) is 0. The Hall–Kier alpha value is -1.31. The Bertz CT molecular complexity index is 324. The van der Waals surface area contributed by atoms with E-state index in [2.05, 4.69) is 48.0 Å². The second-order valence-corrected chi connectivity index (χ2v) is 3.42. The molecule has 0 aliphatic carbocycles. The average molecular weight is 174 g/mol. The highest BCUT2D eigenvalue weighted by molar-refractivity contribution is 5.97. The molecule has 0 N–H and O–H groups in total. The number of rotatable bonds is 1. The fourth-order valence-electron chi connectivity index (χ4n) is 1.60. The summed E-state index contributed by atoms with van der Waals surface area (Å²) in [6, 6.07) is 8.58. The van der Waals surface area contributed by atoms with Crippen molar-refractivity contribution in [2.45, 2.75) is 13.8 Å². The van der Waals surface area contributed by atoms with Crippen LogP contribution in [0.4, 0.5) is 5.69 Å². The van der Waals surface area contributed by atoms with E-state index in [-0.39, 0.29) is 0 Å². The van der Waals surface area contributed by atoms with Crippen molar-refractivity contribution in [3.05, 3.63) is 29.8 Å². The van der Waals surface area contributed by atoms with Gasteiger partial charge in [0.2, 0.25) is 0 Å². The van der Waals surface area contributed by atoms with Crippen LogP contribution in [0.5, 0.6) is 0 Å². The Balaban J connectivity index is 2.26. The number of hydrogen-bond donors (Lipinski definition) is 0. The van der Waals surface area contributed by atoms with Crippen LogP contribution >= 0.6 is 0 Å². The quantitative estimate of drug-likeness (QED) is 0.637. The number of hydrogen-bond acceptors (Lipinski definition) is 2. The molecule has 0 atom stereocenters. The van der Waals surface area contributed by atoms with Crippen molar-refractivity contribution in [1.29, 1.82) is 0 Å². The first-order chi connectivity index (χ1) is 6.27. The van der Waals surface area contributed by atoms with Crippen molar-refractivity contribution in [3.8, 4) is 0 Å². The van der Waals surface area contributed by atoms with Crippen LogP contribution in [0.3, 0.4) is 0 Å². The van der Waals surface area contributed by atoms with Crippen LogP contribution in [0, 0.1) is 6.92 Å². The Labute approximate surface area is 78.9 Å². The molecule has 0 aromatic heterocycles. The molecule has 13 heavy (non-hydrogen) atoms. The van der Waals surface area contributed by atoms with E-state index in [0.717, 1.165) is 18.9 Å². The molecule has 0 bridgehead atoms. The van der Waals surface area contributed by atoms with Gasteiger partial charge in [0.15, 0.2) is 0 Å². The van der Waals surface area contributed by atoms with Crippen LogP contribution in [-0.2, 0) is 0 Å². The van der Waals surface area contributed by atoms with Crippen LogP contribution in [0.1, 0.15) is 12.5 Å². The second kappa shape index (κ2) is 3.21. The predicted octanol–water partition coefficient (Wildman–Crippen LogP) is 2.23. The molecule has 0 saturated heterocycles. The van der Waals surface area contributed by atoms with E-state index in [1.165, 1.54) is 11.3 Å². The molecule has 0 saturated carbocycles. The molecule has 0 radical (unpaired) electrons. The highest BCUT2D eigenvalue weighted by Crippen LogP contribution is 2.17. The molecule has 2 nitrogen and oxygen atoms in total. The maximum atomic E-state index is 4.36. The summed E-state index contributed by atoms with van der Waals surface area (Å²) in [4.78, 5) is 6.61. The smallest absolute Gasteiger partial charge is 0.100 e. The number of benzene rings is 1. The summed E-state index contributed by atoms with van der Waals surface area (Å²) in [6.45, 7) is 6.12. The van der Waals surface area contributed by atoms with Gasteiger partial charge in [-0.3, -0.25) is 4.99 Å². The summed E-state index contributed by atoms with van der Waals surface area (Å²) in [5.41, 5.74) is 2.56. The molecule has 1 aliphatic rings. The number of aliphatic imine (C=N–C) groups is 1. The third-order valence-corrected chi connectivity index (χ3v) is 2.40. The minimum absolute atomic E-state index is 0.930. The average Bonchev–Trinajstić information content (AvgIpc) is 2.53. The van der Waals surface area contributed by atoms with Crippen LogP contribution in [0.2, 0.25) is 0 Å². The van der Waals surface area contributed by atoms with Gasteiger partial charge in [0.25, 0.3) is 0 Å². The first-order valence-electron chi connectivity index (χ1n) is 4.62. The van der Waals surface area contributed by atoms with Gasteiger partial charge in [-0.1, -0.05) is 17.7 Å². The lowest BCUT2D eigenvalue weighted by Gasteiger charge is -2.17. The largest absolute Gasteiger partial charge is 0.329 e. The fraction of sp³-hybridized carbons (Fsp3) is 0.364. The zero-order chi connectivity index (χ0) is 9.26. The number of aryl methyl sites for hydroxylation is 1. The van der Waals surface area contributed by atoms with Crippen molar-refractivity contribution >= 4 is 11.5 Å². The van der Waals surface area contributed by atoms with Crippen molar-refractivity contribution < 1.29 is 0 Å². The number of anilines is 1. The lowest BCUT2D eigenvalue weighted by Crippen LogP contribution is -2.24. The number of amidine groups is 1. The molecular formula is C11H14N2. The molecule has 0 unspecified atom stereocenters. The van der Waals surface area contributed by atoms with Gasteiger partial charge in [0.05, 0.1) is 6.54 Å². The monoisotopic (exact) mass is 174 g/mol. The van der Waals surface area contributed by atoms with Gasteiger partial charge in [-0.2, -0.15) is 0 Å². The summed E-state index contributed by atoms with van der Waals surface area (Å²) in [6.07, 6.45) is 0. The third kappa shape index (κ3) is 1.57. The summed E-state index contributed by atoms with van der Waals surface area (Å²) < 4.78 is 0. The zero-order valence-electron chi connectivity index (χ0n) is 8.12. The second-order valence-electron chi connectivity index (χ2n) is 3.42. The molecule has 1 aliphatic heterocycles. The zero-order valence-corrected chi connectivity index (χ0v) is 8.12. The van der Waals surface area contributed by atoms with Crippen LogP contribution in [-0.4, -0.2) is 18.9 Å².